The van der Waals surface area contributed by atoms with Gasteiger partial charge in [-0.25, -0.2) is 4.98 Å². The third-order valence-corrected chi connectivity index (χ3v) is 6.30. The second kappa shape index (κ2) is 8.60. The van der Waals surface area contributed by atoms with Crippen LogP contribution in [0.15, 0.2) is 42.5 Å². The predicted octanol–water partition coefficient (Wildman–Crippen LogP) is 5.40. The van der Waals surface area contributed by atoms with Crippen molar-refractivity contribution in [3.8, 4) is 0 Å². The van der Waals surface area contributed by atoms with Crippen LogP contribution in [0.1, 0.15) is 30.4 Å². The first-order valence-corrected chi connectivity index (χ1v) is 10.8. The number of benzene rings is 2. The Hall–Kier alpha value is -1.95. The number of thiazole rings is 1. The second-order valence-electron chi connectivity index (χ2n) is 7.19. The fraction of sp³-hybridized carbons (Fsp3) is 0.364. The minimum Gasteiger partial charge on any atom is -0.376 e. The van der Waals surface area contributed by atoms with Crippen molar-refractivity contribution in [3.05, 3.63) is 58.6 Å². The van der Waals surface area contributed by atoms with Crippen LogP contribution in [0, 0.1) is 6.92 Å². The van der Waals surface area contributed by atoms with Gasteiger partial charge >= 0.3 is 0 Å². The van der Waals surface area contributed by atoms with Gasteiger partial charge in [0.25, 0.3) is 0 Å². The van der Waals surface area contributed by atoms with E-state index in [9.17, 15) is 4.79 Å². The van der Waals surface area contributed by atoms with Crippen molar-refractivity contribution in [2.45, 2.75) is 38.7 Å². The van der Waals surface area contributed by atoms with E-state index in [1.165, 1.54) is 16.9 Å². The molecule has 1 aliphatic rings. The van der Waals surface area contributed by atoms with Crippen LogP contribution in [0.4, 0.5) is 5.13 Å². The Morgan fingerprint density at radius 3 is 2.89 bits per heavy atom. The number of carbonyl (C=O) groups excluding carboxylic acids is 1. The smallest absolute Gasteiger partial charge is 0.229 e. The van der Waals surface area contributed by atoms with Crippen molar-refractivity contribution in [2.75, 3.05) is 18.1 Å². The summed E-state index contributed by atoms with van der Waals surface area (Å²) in [6.07, 6.45) is 3.28. The molecule has 2 heterocycles. The molecule has 146 valence electrons. The van der Waals surface area contributed by atoms with Crippen molar-refractivity contribution in [1.29, 1.82) is 0 Å². The molecule has 2 aromatic carbocycles. The number of anilines is 1. The highest BCUT2D eigenvalue weighted by atomic mass is 35.5. The SMILES string of the molecule is Cc1cc(Cl)cc2sc(N(CC3CCCO3)C(=O)CCc3ccccc3)nc12. The minimum absolute atomic E-state index is 0.0809. The molecule has 4 rings (SSSR count). The van der Waals surface area contributed by atoms with E-state index >= 15 is 0 Å². The summed E-state index contributed by atoms with van der Waals surface area (Å²) in [6, 6.07) is 13.9. The molecule has 0 bridgehead atoms. The lowest BCUT2D eigenvalue weighted by molar-refractivity contribution is -0.119. The Kier molecular flexibility index (Phi) is 5.95. The van der Waals surface area contributed by atoms with Gasteiger partial charge in [0.2, 0.25) is 5.91 Å². The largest absolute Gasteiger partial charge is 0.376 e. The molecule has 6 heteroatoms. The topological polar surface area (TPSA) is 42.4 Å². The van der Waals surface area contributed by atoms with Crippen molar-refractivity contribution in [1.82, 2.24) is 4.98 Å². The summed E-state index contributed by atoms with van der Waals surface area (Å²) in [7, 11) is 0. The Morgan fingerprint density at radius 1 is 1.32 bits per heavy atom. The molecule has 0 N–H and O–H groups in total. The molecule has 1 aliphatic heterocycles. The van der Waals surface area contributed by atoms with E-state index < -0.39 is 0 Å². The lowest BCUT2D eigenvalue weighted by Crippen LogP contribution is -2.37. The zero-order valence-electron chi connectivity index (χ0n) is 15.9. The minimum atomic E-state index is 0.0809. The molecular weight excluding hydrogens is 392 g/mol. The summed E-state index contributed by atoms with van der Waals surface area (Å²) in [5.74, 6) is 0.0853. The summed E-state index contributed by atoms with van der Waals surface area (Å²) >= 11 is 7.73. The van der Waals surface area contributed by atoms with Crippen LogP contribution in [0.3, 0.4) is 0 Å². The van der Waals surface area contributed by atoms with Gasteiger partial charge in [0.05, 0.1) is 22.9 Å². The number of aryl methyl sites for hydroxylation is 2. The van der Waals surface area contributed by atoms with Crippen LogP contribution in [0.25, 0.3) is 10.2 Å². The number of hydrogen-bond acceptors (Lipinski definition) is 4. The van der Waals surface area contributed by atoms with Gasteiger partial charge in [-0.1, -0.05) is 53.3 Å². The summed E-state index contributed by atoms with van der Waals surface area (Å²) in [6.45, 7) is 3.32. The highest BCUT2D eigenvalue weighted by molar-refractivity contribution is 7.22. The quantitative estimate of drug-likeness (QED) is 0.542. The van der Waals surface area contributed by atoms with Crippen LogP contribution in [-0.4, -0.2) is 30.1 Å². The number of nitrogens with zero attached hydrogens (tertiary/aromatic N) is 2. The highest BCUT2D eigenvalue weighted by Gasteiger charge is 2.26. The molecule has 0 aliphatic carbocycles. The molecule has 4 nitrogen and oxygen atoms in total. The summed E-state index contributed by atoms with van der Waals surface area (Å²) in [4.78, 5) is 19.7. The van der Waals surface area contributed by atoms with Crippen molar-refractivity contribution < 1.29 is 9.53 Å². The maximum absolute atomic E-state index is 13.1. The van der Waals surface area contributed by atoms with E-state index in [0.717, 1.165) is 46.8 Å². The van der Waals surface area contributed by atoms with E-state index in [0.29, 0.717) is 18.0 Å². The zero-order valence-corrected chi connectivity index (χ0v) is 17.4. The van der Waals surface area contributed by atoms with Gasteiger partial charge < -0.3 is 4.74 Å². The molecule has 1 fully saturated rings. The Balaban J connectivity index is 1.59. The third-order valence-electron chi connectivity index (χ3n) is 5.05. The predicted molar refractivity (Wildman–Crippen MR) is 115 cm³/mol. The monoisotopic (exact) mass is 414 g/mol. The fourth-order valence-corrected chi connectivity index (χ4v) is 5.01. The number of hydrogen-bond donors (Lipinski definition) is 0. The molecule has 1 aromatic heterocycles. The Bertz CT molecular complexity index is 967. The molecule has 1 amide bonds. The molecule has 28 heavy (non-hydrogen) atoms. The van der Waals surface area contributed by atoms with E-state index in [2.05, 4.69) is 12.1 Å². The van der Waals surface area contributed by atoms with Crippen LogP contribution < -0.4 is 4.90 Å². The first kappa shape index (κ1) is 19.4. The maximum Gasteiger partial charge on any atom is 0.229 e. The van der Waals surface area contributed by atoms with Crippen LogP contribution >= 0.6 is 22.9 Å². The number of rotatable bonds is 6. The number of amides is 1. The number of fused-ring (bicyclic) bond motifs is 1. The third kappa shape index (κ3) is 4.37. The zero-order chi connectivity index (χ0) is 19.5. The average Bonchev–Trinajstić information content (AvgIpc) is 3.34. The number of halogens is 1. The van der Waals surface area contributed by atoms with Crippen molar-refractivity contribution in [2.24, 2.45) is 0 Å². The normalized spacial score (nSPS) is 16.6. The molecule has 0 spiro atoms. The van der Waals surface area contributed by atoms with E-state index in [1.54, 1.807) is 0 Å². The lowest BCUT2D eigenvalue weighted by atomic mass is 10.1. The number of carbonyl (C=O) groups is 1. The second-order valence-corrected chi connectivity index (χ2v) is 8.64. The van der Waals surface area contributed by atoms with Gasteiger partial charge in [-0.3, -0.25) is 9.69 Å². The number of ether oxygens (including phenoxy) is 1. The summed E-state index contributed by atoms with van der Waals surface area (Å²) < 4.78 is 6.80. The van der Waals surface area contributed by atoms with Gasteiger partial charge in [0.15, 0.2) is 5.13 Å². The molecule has 0 radical (unpaired) electrons. The molecule has 0 saturated carbocycles. The summed E-state index contributed by atoms with van der Waals surface area (Å²) in [5.41, 5.74) is 3.11. The van der Waals surface area contributed by atoms with Gasteiger partial charge in [-0.05, 0) is 49.4 Å². The first-order valence-electron chi connectivity index (χ1n) is 9.63. The Labute approximate surface area is 174 Å². The fourth-order valence-electron chi connectivity index (χ4n) is 3.57. The molecule has 1 unspecified atom stereocenters. The number of aromatic nitrogens is 1. The summed E-state index contributed by atoms with van der Waals surface area (Å²) in [5, 5.41) is 1.43. The molecule has 1 atom stereocenters. The van der Waals surface area contributed by atoms with Crippen LogP contribution in [-0.2, 0) is 16.0 Å². The molecule has 1 saturated heterocycles. The maximum atomic E-state index is 13.1. The van der Waals surface area contributed by atoms with Crippen molar-refractivity contribution >= 4 is 44.2 Å². The van der Waals surface area contributed by atoms with Gasteiger partial charge in [0, 0.05) is 18.1 Å². The first-order chi connectivity index (χ1) is 13.6. The molecule has 3 aromatic rings. The van der Waals surface area contributed by atoms with Crippen LogP contribution in [0.2, 0.25) is 5.02 Å². The average molecular weight is 415 g/mol. The lowest BCUT2D eigenvalue weighted by Gasteiger charge is -2.23. The van der Waals surface area contributed by atoms with Gasteiger partial charge in [-0.15, -0.1) is 0 Å². The standard InChI is InChI=1S/C22H23ClN2O2S/c1-15-12-17(23)13-19-21(15)24-22(28-19)25(14-18-8-5-11-27-18)20(26)10-9-16-6-3-2-4-7-16/h2-4,6-7,12-13,18H,5,8-11,14H2,1H3. The van der Waals surface area contributed by atoms with E-state index in [-0.39, 0.29) is 12.0 Å². The van der Waals surface area contributed by atoms with E-state index in [1.807, 2.05) is 42.2 Å². The Morgan fingerprint density at radius 2 is 2.14 bits per heavy atom. The van der Waals surface area contributed by atoms with Gasteiger partial charge in [0.1, 0.15) is 0 Å². The van der Waals surface area contributed by atoms with Crippen LogP contribution in [0.5, 0.6) is 0 Å². The van der Waals surface area contributed by atoms with E-state index in [4.69, 9.17) is 21.3 Å². The molecular formula is C22H23ClN2O2S. The van der Waals surface area contributed by atoms with Gasteiger partial charge in [-0.2, -0.15) is 0 Å². The van der Waals surface area contributed by atoms with Crippen molar-refractivity contribution in [3.63, 3.8) is 0 Å². The highest BCUT2D eigenvalue weighted by Crippen LogP contribution is 2.34.